The zero-order chi connectivity index (χ0) is 9.19. The van der Waals surface area contributed by atoms with Crippen molar-refractivity contribution in [1.29, 1.82) is 0 Å². The lowest BCUT2D eigenvalue weighted by atomic mass is 10.00. The summed E-state index contributed by atoms with van der Waals surface area (Å²) >= 11 is 4.69. The van der Waals surface area contributed by atoms with Gasteiger partial charge in [-0.15, -0.1) is 11.3 Å². The van der Waals surface area contributed by atoms with Gasteiger partial charge in [0.1, 0.15) is 10.2 Å². The smallest absolute Gasteiger partial charge is 0.123 e. The molecule has 0 saturated carbocycles. The van der Waals surface area contributed by atoms with E-state index in [1.165, 1.54) is 11.3 Å². The molecule has 68 valence electrons. The SMILES string of the molecule is CCC(O)(CN)c1scnc1Br. The van der Waals surface area contributed by atoms with Crippen molar-refractivity contribution in [2.45, 2.75) is 18.9 Å². The van der Waals surface area contributed by atoms with E-state index in [2.05, 4.69) is 20.9 Å². The monoisotopic (exact) mass is 250 g/mol. The van der Waals surface area contributed by atoms with Crippen LogP contribution < -0.4 is 5.73 Å². The molecule has 0 aliphatic heterocycles. The van der Waals surface area contributed by atoms with Gasteiger partial charge < -0.3 is 10.8 Å². The molecule has 1 aromatic heterocycles. The van der Waals surface area contributed by atoms with Crippen LogP contribution >= 0.6 is 27.3 Å². The van der Waals surface area contributed by atoms with Crippen LogP contribution in [-0.4, -0.2) is 16.6 Å². The van der Waals surface area contributed by atoms with Gasteiger partial charge in [0.2, 0.25) is 0 Å². The number of nitrogens with zero attached hydrogens (tertiary/aromatic N) is 1. The van der Waals surface area contributed by atoms with Gasteiger partial charge in [0.05, 0.1) is 10.4 Å². The molecule has 0 aliphatic rings. The highest BCUT2D eigenvalue weighted by Crippen LogP contribution is 2.32. The Kier molecular flexibility index (Phi) is 3.22. The average molecular weight is 251 g/mol. The molecule has 0 fully saturated rings. The predicted molar refractivity (Wildman–Crippen MR) is 53.1 cm³/mol. The third-order valence-corrected chi connectivity index (χ3v) is 3.75. The zero-order valence-corrected chi connectivity index (χ0v) is 9.15. The molecule has 0 amide bonds. The van der Waals surface area contributed by atoms with Crippen molar-refractivity contribution in [3.05, 3.63) is 15.0 Å². The second-order valence-corrected chi connectivity index (χ2v) is 4.17. The van der Waals surface area contributed by atoms with Gasteiger partial charge in [-0.2, -0.15) is 0 Å². The summed E-state index contributed by atoms with van der Waals surface area (Å²) in [4.78, 5) is 4.81. The quantitative estimate of drug-likeness (QED) is 0.855. The van der Waals surface area contributed by atoms with Crippen LogP contribution in [0, 0.1) is 0 Å². The number of hydrogen-bond acceptors (Lipinski definition) is 4. The number of aliphatic hydroxyl groups is 1. The lowest BCUT2D eigenvalue weighted by molar-refractivity contribution is 0.0447. The summed E-state index contributed by atoms with van der Waals surface area (Å²) in [5.74, 6) is 0. The molecule has 5 heteroatoms. The predicted octanol–water partition coefficient (Wildman–Crippen LogP) is 1.46. The summed E-state index contributed by atoms with van der Waals surface area (Å²) in [5.41, 5.74) is 6.26. The van der Waals surface area contributed by atoms with Crippen LogP contribution in [0.15, 0.2) is 10.1 Å². The molecule has 1 atom stereocenters. The first kappa shape index (κ1) is 10.1. The maximum absolute atomic E-state index is 9.99. The summed E-state index contributed by atoms with van der Waals surface area (Å²) in [6.45, 7) is 2.13. The first-order valence-electron chi connectivity index (χ1n) is 3.66. The molecule has 1 aromatic rings. The summed E-state index contributed by atoms with van der Waals surface area (Å²) in [5, 5.41) is 9.99. The van der Waals surface area contributed by atoms with Gasteiger partial charge >= 0.3 is 0 Å². The summed E-state index contributed by atoms with van der Waals surface area (Å²) < 4.78 is 0.697. The molecule has 0 aromatic carbocycles. The first-order valence-corrected chi connectivity index (χ1v) is 5.33. The topological polar surface area (TPSA) is 59.1 Å². The molecule has 3 nitrogen and oxygen atoms in total. The molecule has 1 unspecified atom stereocenters. The van der Waals surface area contributed by atoms with Gasteiger partial charge in [0.25, 0.3) is 0 Å². The average Bonchev–Trinajstić information content (AvgIpc) is 2.51. The van der Waals surface area contributed by atoms with Gasteiger partial charge in [-0.25, -0.2) is 4.98 Å². The van der Waals surface area contributed by atoms with E-state index in [9.17, 15) is 5.11 Å². The van der Waals surface area contributed by atoms with Crippen molar-refractivity contribution in [2.75, 3.05) is 6.54 Å². The van der Waals surface area contributed by atoms with Gasteiger partial charge in [-0.3, -0.25) is 0 Å². The van der Waals surface area contributed by atoms with Crippen LogP contribution in [0.5, 0.6) is 0 Å². The molecule has 1 rings (SSSR count). The Labute approximate surface area is 83.8 Å². The maximum atomic E-state index is 9.99. The van der Waals surface area contributed by atoms with E-state index in [4.69, 9.17) is 5.73 Å². The van der Waals surface area contributed by atoms with Gasteiger partial charge in [0, 0.05) is 6.54 Å². The van der Waals surface area contributed by atoms with Gasteiger partial charge in [-0.05, 0) is 22.4 Å². The third kappa shape index (κ3) is 1.69. The Hall–Kier alpha value is 0.0300. The highest BCUT2D eigenvalue weighted by Gasteiger charge is 2.29. The summed E-state index contributed by atoms with van der Waals surface area (Å²) in [6, 6.07) is 0. The Balaban J connectivity index is 3.02. The van der Waals surface area contributed by atoms with Crippen molar-refractivity contribution in [2.24, 2.45) is 5.73 Å². The maximum Gasteiger partial charge on any atom is 0.123 e. The molecular formula is C7H11BrN2OS. The van der Waals surface area contributed by atoms with Crippen LogP contribution in [0.2, 0.25) is 0 Å². The summed E-state index contributed by atoms with van der Waals surface area (Å²) in [7, 11) is 0. The van der Waals surface area contributed by atoms with Crippen LogP contribution in [0.3, 0.4) is 0 Å². The van der Waals surface area contributed by atoms with Gasteiger partial charge in [-0.1, -0.05) is 6.92 Å². The molecule has 0 bridgehead atoms. The van der Waals surface area contributed by atoms with E-state index in [-0.39, 0.29) is 6.54 Å². The second kappa shape index (κ2) is 3.83. The lowest BCUT2D eigenvalue weighted by Crippen LogP contribution is -2.33. The highest BCUT2D eigenvalue weighted by molar-refractivity contribution is 9.10. The van der Waals surface area contributed by atoms with Crippen molar-refractivity contribution < 1.29 is 5.11 Å². The van der Waals surface area contributed by atoms with Gasteiger partial charge in [0.15, 0.2) is 0 Å². The largest absolute Gasteiger partial charge is 0.383 e. The van der Waals surface area contributed by atoms with Crippen LogP contribution in [0.25, 0.3) is 0 Å². The lowest BCUT2D eigenvalue weighted by Gasteiger charge is -2.23. The first-order chi connectivity index (χ1) is 5.64. The molecular weight excluding hydrogens is 240 g/mol. The molecule has 0 aliphatic carbocycles. The van der Waals surface area contributed by atoms with E-state index in [0.29, 0.717) is 11.0 Å². The summed E-state index contributed by atoms with van der Waals surface area (Å²) in [6.07, 6.45) is 0.601. The number of hydrogen-bond donors (Lipinski definition) is 2. The van der Waals surface area contributed by atoms with E-state index in [1.807, 2.05) is 6.92 Å². The van der Waals surface area contributed by atoms with Crippen molar-refractivity contribution in [1.82, 2.24) is 4.98 Å². The number of rotatable bonds is 3. The Bertz CT molecular complexity index is 260. The number of halogens is 1. The van der Waals surface area contributed by atoms with E-state index in [1.54, 1.807) is 5.51 Å². The number of aromatic nitrogens is 1. The van der Waals surface area contributed by atoms with Crippen LogP contribution in [0.4, 0.5) is 0 Å². The van der Waals surface area contributed by atoms with E-state index < -0.39 is 5.60 Å². The fraction of sp³-hybridized carbons (Fsp3) is 0.571. The normalized spacial score (nSPS) is 16.0. The number of thiazole rings is 1. The van der Waals surface area contributed by atoms with Crippen molar-refractivity contribution in [3.8, 4) is 0 Å². The van der Waals surface area contributed by atoms with Crippen molar-refractivity contribution >= 4 is 27.3 Å². The fourth-order valence-electron chi connectivity index (χ4n) is 0.932. The minimum absolute atomic E-state index is 0.226. The fourth-order valence-corrected chi connectivity index (χ4v) is 2.68. The Morgan fingerprint density at radius 1 is 1.83 bits per heavy atom. The molecule has 3 N–H and O–H groups in total. The molecule has 0 spiro atoms. The third-order valence-electron chi connectivity index (χ3n) is 1.87. The van der Waals surface area contributed by atoms with E-state index >= 15 is 0 Å². The Morgan fingerprint density at radius 3 is 2.83 bits per heavy atom. The second-order valence-electron chi connectivity index (χ2n) is 2.56. The molecule has 1 heterocycles. The molecule has 0 radical (unpaired) electrons. The Morgan fingerprint density at radius 2 is 2.50 bits per heavy atom. The van der Waals surface area contributed by atoms with Crippen molar-refractivity contribution in [3.63, 3.8) is 0 Å². The molecule has 0 saturated heterocycles. The van der Waals surface area contributed by atoms with Crippen LogP contribution in [-0.2, 0) is 5.60 Å². The van der Waals surface area contributed by atoms with E-state index in [0.717, 1.165) is 4.88 Å². The minimum Gasteiger partial charge on any atom is -0.383 e. The number of nitrogens with two attached hydrogens (primary N) is 1. The minimum atomic E-state index is -0.917. The standard InChI is InChI=1S/C7H11BrN2OS/c1-2-7(11,3-9)5-6(8)10-4-12-5/h4,11H,2-3,9H2,1H3. The zero-order valence-electron chi connectivity index (χ0n) is 6.75. The molecule has 12 heavy (non-hydrogen) atoms. The highest BCUT2D eigenvalue weighted by atomic mass is 79.9. The van der Waals surface area contributed by atoms with Crippen LogP contribution in [0.1, 0.15) is 18.2 Å².